The van der Waals surface area contributed by atoms with Crippen molar-refractivity contribution in [2.75, 3.05) is 13.7 Å². The van der Waals surface area contributed by atoms with Gasteiger partial charge in [-0.1, -0.05) is 5.16 Å². The lowest BCUT2D eigenvalue weighted by Gasteiger charge is -2.19. The Morgan fingerprint density at radius 3 is 3.24 bits per heavy atom. The molecule has 0 aliphatic carbocycles. The summed E-state index contributed by atoms with van der Waals surface area (Å²) in [5, 5.41) is 17.5. The fourth-order valence-corrected chi connectivity index (χ4v) is 3.07. The quantitative estimate of drug-likeness (QED) is 0.840. The van der Waals surface area contributed by atoms with Crippen molar-refractivity contribution in [1.82, 2.24) is 15.0 Å². The van der Waals surface area contributed by atoms with Crippen molar-refractivity contribution in [3.63, 3.8) is 0 Å². The first-order chi connectivity index (χ1) is 10.2. The molecule has 8 heteroatoms. The van der Waals surface area contributed by atoms with Gasteiger partial charge in [0.1, 0.15) is 6.04 Å². The third-order valence-corrected chi connectivity index (χ3v) is 4.12. The van der Waals surface area contributed by atoms with Gasteiger partial charge >= 0.3 is 5.97 Å². The molecule has 3 rings (SSSR count). The van der Waals surface area contributed by atoms with Crippen LogP contribution in [-0.4, -0.2) is 51.9 Å². The molecular formula is C13H15N3O4S. The molecule has 112 valence electrons. The Kier molecular flexibility index (Phi) is 4.00. The number of likely N-dealkylation sites (tertiary alicyclic amines) is 1. The second kappa shape index (κ2) is 5.92. The van der Waals surface area contributed by atoms with Gasteiger partial charge in [0, 0.05) is 18.3 Å². The number of nitrogens with zero attached hydrogens (tertiary/aromatic N) is 3. The van der Waals surface area contributed by atoms with Gasteiger partial charge in [0.25, 0.3) is 5.89 Å². The van der Waals surface area contributed by atoms with E-state index < -0.39 is 12.1 Å². The van der Waals surface area contributed by atoms with Crippen molar-refractivity contribution in [2.45, 2.75) is 25.1 Å². The van der Waals surface area contributed by atoms with Gasteiger partial charge in [0.2, 0.25) is 0 Å². The van der Waals surface area contributed by atoms with Gasteiger partial charge in [-0.15, -0.1) is 0 Å². The number of β-amino-alcohol motifs (C(OH)–C–C–N with tert-alkyl or cyclic N) is 1. The van der Waals surface area contributed by atoms with E-state index in [-0.39, 0.29) is 5.97 Å². The van der Waals surface area contributed by atoms with Crippen LogP contribution in [-0.2, 0) is 16.1 Å². The number of thiophene rings is 1. The molecule has 1 aliphatic heterocycles. The predicted octanol–water partition coefficient (Wildman–Crippen LogP) is 0.906. The fraction of sp³-hybridized carbons (Fsp3) is 0.462. The lowest BCUT2D eigenvalue weighted by molar-refractivity contribution is -0.146. The Balaban J connectivity index is 1.72. The summed E-state index contributed by atoms with van der Waals surface area (Å²) < 4.78 is 9.97. The van der Waals surface area contributed by atoms with E-state index in [0.29, 0.717) is 31.2 Å². The SMILES string of the molecule is COC(=O)C1CC(O)CN1Cc1noc(-c2ccsc2)n1. The number of esters is 1. The van der Waals surface area contributed by atoms with Gasteiger partial charge in [0.15, 0.2) is 5.82 Å². The van der Waals surface area contributed by atoms with E-state index in [0.717, 1.165) is 5.56 Å². The number of aliphatic hydroxyl groups excluding tert-OH is 1. The Labute approximate surface area is 125 Å². The summed E-state index contributed by atoms with van der Waals surface area (Å²) in [5.74, 6) is 0.591. The van der Waals surface area contributed by atoms with Gasteiger partial charge in [0.05, 0.1) is 25.3 Å². The van der Waals surface area contributed by atoms with Crippen molar-refractivity contribution in [2.24, 2.45) is 0 Å². The summed E-state index contributed by atoms with van der Waals surface area (Å²) >= 11 is 1.55. The Morgan fingerprint density at radius 2 is 2.52 bits per heavy atom. The second-order valence-corrected chi connectivity index (χ2v) is 5.67. The van der Waals surface area contributed by atoms with E-state index >= 15 is 0 Å². The smallest absolute Gasteiger partial charge is 0.323 e. The molecule has 2 unspecified atom stereocenters. The molecule has 1 aliphatic rings. The highest BCUT2D eigenvalue weighted by atomic mass is 32.1. The van der Waals surface area contributed by atoms with Crippen molar-refractivity contribution in [3.05, 3.63) is 22.7 Å². The highest BCUT2D eigenvalue weighted by Gasteiger charge is 2.37. The topological polar surface area (TPSA) is 88.7 Å². The number of aliphatic hydroxyl groups is 1. The maximum atomic E-state index is 11.7. The van der Waals surface area contributed by atoms with Gasteiger partial charge < -0.3 is 14.4 Å². The van der Waals surface area contributed by atoms with Crippen molar-refractivity contribution in [1.29, 1.82) is 0 Å². The number of hydrogen-bond acceptors (Lipinski definition) is 8. The molecular weight excluding hydrogens is 294 g/mol. The molecule has 3 heterocycles. The van der Waals surface area contributed by atoms with Crippen LogP contribution in [0.5, 0.6) is 0 Å². The van der Waals surface area contributed by atoms with Crippen LogP contribution >= 0.6 is 11.3 Å². The van der Waals surface area contributed by atoms with Crippen molar-refractivity contribution >= 4 is 17.3 Å². The molecule has 21 heavy (non-hydrogen) atoms. The first kappa shape index (κ1) is 14.2. The lowest BCUT2D eigenvalue weighted by atomic mass is 10.2. The molecule has 2 atom stereocenters. The standard InChI is InChI=1S/C13H15N3O4S/c1-19-13(18)10-4-9(17)5-16(10)6-11-14-12(20-15-11)8-2-3-21-7-8/h2-3,7,9-10,17H,4-6H2,1H3. The van der Waals surface area contributed by atoms with E-state index in [9.17, 15) is 9.90 Å². The van der Waals surface area contributed by atoms with Crippen molar-refractivity contribution in [3.8, 4) is 11.5 Å². The predicted molar refractivity (Wildman–Crippen MR) is 74.4 cm³/mol. The van der Waals surface area contributed by atoms with Crippen LogP contribution in [0.4, 0.5) is 0 Å². The maximum absolute atomic E-state index is 11.7. The molecule has 0 saturated carbocycles. The first-order valence-electron chi connectivity index (χ1n) is 6.52. The van der Waals surface area contributed by atoms with Crippen LogP contribution in [0.25, 0.3) is 11.5 Å². The Bertz CT molecular complexity index is 613. The number of methoxy groups -OCH3 is 1. The number of hydrogen-bond donors (Lipinski definition) is 1. The normalized spacial score (nSPS) is 22.6. The summed E-state index contributed by atoms with van der Waals surface area (Å²) in [6.45, 7) is 0.729. The molecule has 0 spiro atoms. The second-order valence-electron chi connectivity index (χ2n) is 4.89. The highest BCUT2D eigenvalue weighted by Crippen LogP contribution is 2.23. The third kappa shape index (κ3) is 2.97. The first-order valence-corrected chi connectivity index (χ1v) is 7.46. The molecule has 1 N–H and O–H groups in total. The van der Waals surface area contributed by atoms with E-state index in [1.54, 1.807) is 16.2 Å². The Morgan fingerprint density at radius 1 is 1.67 bits per heavy atom. The molecule has 1 fully saturated rings. The van der Waals surface area contributed by atoms with Crippen LogP contribution < -0.4 is 0 Å². The van der Waals surface area contributed by atoms with E-state index in [2.05, 4.69) is 10.1 Å². The zero-order valence-corrected chi connectivity index (χ0v) is 12.2. The monoisotopic (exact) mass is 309 g/mol. The minimum absolute atomic E-state index is 0.338. The maximum Gasteiger partial charge on any atom is 0.323 e. The minimum Gasteiger partial charge on any atom is -0.468 e. The van der Waals surface area contributed by atoms with Crippen LogP contribution in [0.3, 0.4) is 0 Å². The zero-order valence-electron chi connectivity index (χ0n) is 11.4. The van der Waals surface area contributed by atoms with E-state index in [1.807, 2.05) is 16.8 Å². The number of carbonyl (C=O) groups excluding carboxylic acids is 1. The number of rotatable bonds is 4. The average Bonchev–Trinajstić information content (AvgIpc) is 3.18. The Hall–Kier alpha value is -1.77. The molecule has 0 radical (unpaired) electrons. The summed E-state index contributed by atoms with van der Waals surface area (Å²) in [6.07, 6.45) is -0.181. The van der Waals surface area contributed by atoms with Crippen LogP contribution in [0.15, 0.2) is 21.3 Å². The number of ether oxygens (including phenoxy) is 1. The summed E-state index contributed by atoms with van der Waals surface area (Å²) in [7, 11) is 1.34. The van der Waals surface area contributed by atoms with Crippen LogP contribution in [0.1, 0.15) is 12.2 Å². The molecule has 0 amide bonds. The minimum atomic E-state index is -0.544. The third-order valence-electron chi connectivity index (χ3n) is 3.44. The van der Waals surface area contributed by atoms with Gasteiger partial charge in [-0.05, 0) is 11.4 Å². The molecule has 2 aromatic heterocycles. The summed E-state index contributed by atoms with van der Waals surface area (Å²) in [4.78, 5) is 17.8. The molecule has 0 aromatic carbocycles. The van der Waals surface area contributed by atoms with Crippen LogP contribution in [0.2, 0.25) is 0 Å². The van der Waals surface area contributed by atoms with E-state index in [4.69, 9.17) is 9.26 Å². The van der Waals surface area contributed by atoms with Crippen LogP contribution in [0, 0.1) is 0 Å². The fourth-order valence-electron chi connectivity index (χ4n) is 2.44. The molecule has 0 bridgehead atoms. The van der Waals surface area contributed by atoms with Gasteiger partial charge in [-0.3, -0.25) is 9.69 Å². The molecule has 1 saturated heterocycles. The zero-order chi connectivity index (χ0) is 14.8. The molecule has 7 nitrogen and oxygen atoms in total. The molecule has 2 aromatic rings. The average molecular weight is 309 g/mol. The largest absolute Gasteiger partial charge is 0.468 e. The highest BCUT2D eigenvalue weighted by molar-refractivity contribution is 7.08. The lowest BCUT2D eigenvalue weighted by Crippen LogP contribution is -2.36. The number of carbonyl (C=O) groups is 1. The van der Waals surface area contributed by atoms with E-state index in [1.165, 1.54) is 7.11 Å². The van der Waals surface area contributed by atoms with Gasteiger partial charge in [-0.25, -0.2) is 0 Å². The summed E-state index contributed by atoms with van der Waals surface area (Å²) in [6, 6.07) is 1.44. The number of aromatic nitrogens is 2. The summed E-state index contributed by atoms with van der Waals surface area (Å²) in [5.41, 5.74) is 0.879. The van der Waals surface area contributed by atoms with Crippen molar-refractivity contribution < 1.29 is 19.2 Å². The van der Waals surface area contributed by atoms with Gasteiger partial charge in [-0.2, -0.15) is 16.3 Å².